The van der Waals surface area contributed by atoms with Crippen molar-refractivity contribution >= 4 is 11.6 Å². The minimum atomic E-state index is 0.508. The van der Waals surface area contributed by atoms with Crippen LogP contribution in [0.1, 0.15) is 38.2 Å². The molecule has 21 heavy (non-hydrogen) atoms. The molecule has 0 saturated carbocycles. The van der Waals surface area contributed by atoms with Crippen LogP contribution in [-0.4, -0.2) is 37.0 Å². The van der Waals surface area contributed by atoms with Crippen LogP contribution in [-0.2, 0) is 6.42 Å². The van der Waals surface area contributed by atoms with Gasteiger partial charge in [-0.3, -0.25) is 4.99 Å². The van der Waals surface area contributed by atoms with Crippen molar-refractivity contribution in [3.05, 3.63) is 29.8 Å². The van der Waals surface area contributed by atoms with Gasteiger partial charge in [-0.25, -0.2) is 0 Å². The molecule has 0 atom stereocenters. The van der Waals surface area contributed by atoms with Crippen LogP contribution in [0.25, 0.3) is 0 Å². The van der Waals surface area contributed by atoms with Gasteiger partial charge in [-0.05, 0) is 50.0 Å². The summed E-state index contributed by atoms with van der Waals surface area (Å²) < 4.78 is 0. The second-order valence-corrected chi connectivity index (χ2v) is 5.70. The summed E-state index contributed by atoms with van der Waals surface area (Å²) >= 11 is 0. The van der Waals surface area contributed by atoms with Crippen molar-refractivity contribution in [3.8, 4) is 0 Å². The highest BCUT2D eigenvalue weighted by Crippen LogP contribution is 2.10. The molecule has 1 fully saturated rings. The van der Waals surface area contributed by atoms with Crippen LogP contribution < -0.4 is 11.1 Å². The molecular formula is C17H28N4. The average molecular weight is 288 g/mol. The maximum absolute atomic E-state index is 5.94. The van der Waals surface area contributed by atoms with Crippen molar-refractivity contribution in [2.45, 2.75) is 39.0 Å². The minimum absolute atomic E-state index is 0.508. The Balaban J connectivity index is 1.74. The number of nitrogens with two attached hydrogens (primary N) is 1. The van der Waals surface area contributed by atoms with Gasteiger partial charge in [0.25, 0.3) is 0 Å². The normalized spacial score (nSPS) is 17.5. The quantitative estimate of drug-likeness (QED) is 0.647. The van der Waals surface area contributed by atoms with Gasteiger partial charge in [0.1, 0.15) is 0 Å². The highest BCUT2D eigenvalue weighted by atomic mass is 15.1. The molecule has 0 radical (unpaired) electrons. The van der Waals surface area contributed by atoms with Crippen molar-refractivity contribution in [2.24, 2.45) is 10.7 Å². The number of nitrogens with zero attached hydrogens (tertiary/aromatic N) is 2. The lowest BCUT2D eigenvalue weighted by atomic mass is 10.1. The second-order valence-electron chi connectivity index (χ2n) is 5.70. The van der Waals surface area contributed by atoms with E-state index in [0.717, 1.165) is 25.2 Å². The number of aliphatic imine (C=N–C) groups is 1. The van der Waals surface area contributed by atoms with Gasteiger partial charge in [0, 0.05) is 12.2 Å². The first-order valence-corrected chi connectivity index (χ1v) is 8.16. The van der Waals surface area contributed by atoms with E-state index >= 15 is 0 Å². The molecule has 4 heteroatoms. The van der Waals surface area contributed by atoms with Crippen LogP contribution >= 0.6 is 0 Å². The van der Waals surface area contributed by atoms with Gasteiger partial charge in [0.05, 0.1) is 6.54 Å². The van der Waals surface area contributed by atoms with Crippen molar-refractivity contribution in [3.63, 3.8) is 0 Å². The molecule has 1 aromatic carbocycles. The maximum Gasteiger partial charge on any atom is 0.193 e. The first kappa shape index (κ1) is 15.8. The first-order valence-electron chi connectivity index (χ1n) is 8.16. The molecule has 0 bridgehead atoms. The SMILES string of the molecule is CCc1ccc(NC(N)=NCCN2CCCCCC2)cc1. The summed E-state index contributed by atoms with van der Waals surface area (Å²) in [6, 6.07) is 8.34. The van der Waals surface area contributed by atoms with E-state index in [1.807, 2.05) is 0 Å². The van der Waals surface area contributed by atoms with E-state index in [2.05, 4.69) is 46.4 Å². The van der Waals surface area contributed by atoms with Crippen LogP contribution in [0, 0.1) is 0 Å². The lowest BCUT2D eigenvalue weighted by Crippen LogP contribution is -2.29. The molecule has 1 aromatic rings. The van der Waals surface area contributed by atoms with Crippen molar-refractivity contribution in [2.75, 3.05) is 31.5 Å². The number of rotatable bonds is 5. The van der Waals surface area contributed by atoms with E-state index in [-0.39, 0.29) is 0 Å². The van der Waals surface area contributed by atoms with Gasteiger partial charge in [0.2, 0.25) is 0 Å². The lowest BCUT2D eigenvalue weighted by Gasteiger charge is -2.18. The largest absolute Gasteiger partial charge is 0.370 e. The molecule has 1 aliphatic heterocycles. The molecule has 1 saturated heterocycles. The monoisotopic (exact) mass is 288 g/mol. The van der Waals surface area contributed by atoms with Gasteiger partial charge in [0.15, 0.2) is 5.96 Å². The van der Waals surface area contributed by atoms with Crippen LogP contribution in [0.4, 0.5) is 5.69 Å². The van der Waals surface area contributed by atoms with E-state index in [0.29, 0.717) is 5.96 Å². The smallest absolute Gasteiger partial charge is 0.193 e. The van der Waals surface area contributed by atoms with Crippen LogP contribution in [0.2, 0.25) is 0 Å². The third kappa shape index (κ3) is 5.76. The molecule has 2 rings (SSSR count). The summed E-state index contributed by atoms with van der Waals surface area (Å²) in [5.74, 6) is 0.508. The molecule has 1 heterocycles. The predicted molar refractivity (Wildman–Crippen MR) is 90.8 cm³/mol. The van der Waals surface area contributed by atoms with Gasteiger partial charge >= 0.3 is 0 Å². The number of aryl methyl sites for hydroxylation is 1. The molecule has 0 aromatic heterocycles. The standard InChI is InChI=1S/C17H28N4/c1-2-15-7-9-16(10-8-15)20-17(18)19-11-14-21-12-5-3-4-6-13-21/h7-10H,2-6,11-14H2,1H3,(H3,18,19,20). The number of hydrogen-bond donors (Lipinski definition) is 2. The topological polar surface area (TPSA) is 53.6 Å². The Kier molecular flexibility index (Phi) is 6.54. The predicted octanol–water partition coefficient (Wildman–Crippen LogP) is 2.85. The average Bonchev–Trinajstić information content (AvgIpc) is 2.77. The van der Waals surface area contributed by atoms with E-state index in [1.54, 1.807) is 0 Å². The van der Waals surface area contributed by atoms with E-state index in [1.165, 1.54) is 44.3 Å². The molecular weight excluding hydrogens is 260 g/mol. The Hall–Kier alpha value is -1.55. The van der Waals surface area contributed by atoms with E-state index in [9.17, 15) is 0 Å². The highest BCUT2D eigenvalue weighted by Gasteiger charge is 2.07. The summed E-state index contributed by atoms with van der Waals surface area (Å²) in [5.41, 5.74) is 8.28. The number of hydrogen-bond acceptors (Lipinski definition) is 2. The summed E-state index contributed by atoms with van der Waals surface area (Å²) in [4.78, 5) is 6.93. The Morgan fingerprint density at radius 1 is 1.14 bits per heavy atom. The molecule has 116 valence electrons. The number of likely N-dealkylation sites (tertiary alicyclic amines) is 1. The Bertz CT molecular complexity index is 431. The third-order valence-corrected chi connectivity index (χ3v) is 4.03. The lowest BCUT2D eigenvalue weighted by molar-refractivity contribution is 0.293. The first-order chi connectivity index (χ1) is 10.3. The fraction of sp³-hybridized carbons (Fsp3) is 0.588. The fourth-order valence-corrected chi connectivity index (χ4v) is 2.68. The second kappa shape index (κ2) is 8.67. The zero-order valence-electron chi connectivity index (χ0n) is 13.1. The third-order valence-electron chi connectivity index (χ3n) is 4.03. The molecule has 3 N–H and O–H groups in total. The Labute approximate surface area is 128 Å². The molecule has 0 amide bonds. The van der Waals surface area contributed by atoms with Crippen molar-refractivity contribution in [1.29, 1.82) is 0 Å². The Morgan fingerprint density at radius 3 is 2.43 bits per heavy atom. The van der Waals surface area contributed by atoms with E-state index in [4.69, 9.17) is 5.73 Å². The van der Waals surface area contributed by atoms with Crippen molar-refractivity contribution < 1.29 is 0 Å². The summed E-state index contributed by atoms with van der Waals surface area (Å²) in [5, 5.41) is 3.15. The Morgan fingerprint density at radius 2 is 1.81 bits per heavy atom. The maximum atomic E-state index is 5.94. The molecule has 0 spiro atoms. The zero-order chi connectivity index (χ0) is 14.9. The van der Waals surface area contributed by atoms with Gasteiger partial charge in [-0.1, -0.05) is 31.9 Å². The fourth-order valence-electron chi connectivity index (χ4n) is 2.68. The van der Waals surface area contributed by atoms with Gasteiger partial charge < -0.3 is 16.0 Å². The molecule has 4 nitrogen and oxygen atoms in total. The van der Waals surface area contributed by atoms with Gasteiger partial charge in [-0.2, -0.15) is 0 Å². The summed E-state index contributed by atoms with van der Waals surface area (Å²) in [6.07, 6.45) is 6.44. The minimum Gasteiger partial charge on any atom is -0.370 e. The van der Waals surface area contributed by atoms with Crippen LogP contribution in [0.15, 0.2) is 29.3 Å². The number of guanidine groups is 1. The van der Waals surface area contributed by atoms with Crippen molar-refractivity contribution in [1.82, 2.24) is 4.90 Å². The molecule has 1 aliphatic rings. The number of benzene rings is 1. The van der Waals surface area contributed by atoms with Crippen LogP contribution in [0.5, 0.6) is 0 Å². The molecule has 0 aliphatic carbocycles. The summed E-state index contributed by atoms with van der Waals surface area (Å²) in [7, 11) is 0. The summed E-state index contributed by atoms with van der Waals surface area (Å²) in [6.45, 7) is 6.35. The molecule has 0 unspecified atom stereocenters. The number of nitrogens with one attached hydrogen (secondary N) is 1. The van der Waals surface area contributed by atoms with Gasteiger partial charge in [-0.15, -0.1) is 0 Å². The van der Waals surface area contributed by atoms with Crippen LogP contribution in [0.3, 0.4) is 0 Å². The highest BCUT2D eigenvalue weighted by molar-refractivity contribution is 5.92. The van der Waals surface area contributed by atoms with E-state index < -0.39 is 0 Å². The number of anilines is 1. The zero-order valence-corrected chi connectivity index (χ0v) is 13.1.